The zero-order chi connectivity index (χ0) is 21.5. The van der Waals surface area contributed by atoms with Crippen LogP contribution in [0.1, 0.15) is 42.5 Å². The second-order valence-corrected chi connectivity index (χ2v) is 7.53. The summed E-state index contributed by atoms with van der Waals surface area (Å²) in [4.78, 5) is 34.8. The van der Waals surface area contributed by atoms with Gasteiger partial charge in [-0.2, -0.15) is 0 Å². The molecule has 2 amide bonds. The molecule has 3 rings (SSSR count). The topological polar surface area (TPSA) is 113 Å². The summed E-state index contributed by atoms with van der Waals surface area (Å²) in [5, 5.41) is 19.1. The van der Waals surface area contributed by atoms with E-state index in [1.165, 1.54) is 30.7 Å². The molecule has 9 heteroatoms. The fourth-order valence-corrected chi connectivity index (χ4v) is 3.57. The Labute approximate surface area is 179 Å². The van der Waals surface area contributed by atoms with Crippen molar-refractivity contribution >= 4 is 46.2 Å². The van der Waals surface area contributed by atoms with E-state index in [1.54, 1.807) is 24.3 Å². The van der Waals surface area contributed by atoms with Crippen LogP contribution in [0.5, 0.6) is 0 Å². The number of carbonyl (C=O) groups excluding carboxylic acids is 2. The third-order valence-electron chi connectivity index (χ3n) is 4.93. The first-order valence-electron chi connectivity index (χ1n) is 9.70. The van der Waals surface area contributed by atoms with E-state index in [-0.39, 0.29) is 28.2 Å². The van der Waals surface area contributed by atoms with Gasteiger partial charge >= 0.3 is 0 Å². The van der Waals surface area contributed by atoms with Gasteiger partial charge in [-0.15, -0.1) is 0 Å². The Hall–Kier alpha value is -3.33. The number of amides is 2. The summed E-state index contributed by atoms with van der Waals surface area (Å²) >= 11 is 5.17. The highest BCUT2D eigenvalue weighted by molar-refractivity contribution is 7.80. The molecule has 0 heterocycles. The van der Waals surface area contributed by atoms with Crippen LogP contribution in [0.25, 0.3) is 0 Å². The molecule has 0 atom stereocenters. The first-order chi connectivity index (χ1) is 14.4. The second-order valence-electron chi connectivity index (χ2n) is 7.12. The number of thiocarbonyl (C=S) groups is 1. The van der Waals surface area contributed by atoms with Gasteiger partial charge in [0.2, 0.25) is 5.91 Å². The van der Waals surface area contributed by atoms with E-state index in [0.29, 0.717) is 11.4 Å². The van der Waals surface area contributed by atoms with Crippen LogP contribution in [0.3, 0.4) is 0 Å². The van der Waals surface area contributed by atoms with Crippen molar-refractivity contribution in [3.8, 4) is 0 Å². The number of carbonyl (C=O) groups is 2. The van der Waals surface area contributed by atoms with Crippen molar-refractivity contribution < 1.29 is 14.5 Å². The predicted octanol–water partition coefficient (Wildman–Crippen LogP) is 4.24. The van der Waals surface area contributed by atoms with E-state index in [0.717, 1.165) is 25.7 Å². The van der Waals surface area contributed by atoms with Crippen molar-refractivity contribution in [2.75, 3.05) is 10.6 Å². The second kappa shape index (κ2) is 9.93. The highest BCUT2D eigenvalue weighted by Gasteiger charge is 2.21. The summed E-state index contributed by atoms with van der Waals surface area (Å²) in [6.07, 6.45) is 5.20. The minimum absolute atomic E-state index is 0.0286. The van der Waals surface area contributed by atoms with Gasteiger partial charge in [0.05, 0.1) is 4.92 Å². The largest absolute Gasteiger partial charge is 0.332 e. The lowest BCUT2D eigenvalue weighted by Gasteiger charge is -2.21. The molecular weight excluding hydrogens is 404 g/mol. The molecule has 3 N–H and O–H groups in total. The van der Waals surface area contributed by atoms with Crippen molar-refractivity contribution in [3.05, 3.63) is 64.2 Å². The third-order valence-corrected chi connectivity index (χ3v) is 5.14. The number of non-ortho nitro benzene ring substituents is 1. The number of anilines is 2. The molecule has 0 spiro atoms. The number of nitrogens with one attached hydrogen (secondary N) is 3. The Balaban J connectivity index is 1.55. The van der Waals surface area contributed by atoms with Crippen LogP contribution in [0, 0.1) is 16.0 Å². The molecule has 0 aliphatic heterocycles. The van der Waals surface area contributed by atoms with Gasteiger partial charge < -0.3 is 10.6 Å². The Morgan fingerprint density at radius 1 is 0.967 bits per heavy atom. The SMILES string of the molecule is O=C(NC(=S)Nc1cccc(NC(=O)C2CCCCC2)c1)c1ccc([N+](=O)[O-])cc1. The van der Waals surface area contributed by atoms with E-state index in [9.17, 15) is 19.7 Å². The normalized spacial score (nSPS) is 13.9. The molecule has 1 saturated carbocycles. The fourth-order valence-electron chi connectivity index (χ4n) is 3.36. The lowest BCUT2D eigenvalue weighted by atomic mass is 9.88. The molecule has 0 bridgehead atoms. The smallest absolute Gasteiger partial charge is 0.269 e. The summed E-state index contributed by atoms with van der Waals surface area (Å²) in [7, 11) is 0. The van der Waals surface area contributed by atoms with Gasteiger partial charge in [0, 0.05) is 35.0 Å². The minimum Gasteiger partial charge on any atom is -0.332 e. The van der Waals surface area contributed by atoms with E-state index in [1.807, 2.05) is 0 Å². The molecule has 8 nitrogen and oxygen atoms in total. The average Bonchev–Trinajstić information content (AvgIpc) is 2.74. The van der Waals surface area contributed by atoms with E-state index < -0.39 is 10.8 Å². The lowest BCUT2D eigenvalue weighted by Crippen LogP contribution is -2.34. The van der Waals surface area contributed by atoms with Crippen LogP contribution in [0.2, 0.25) is 0 Å². The molecule has 0 saturated heterocycles. The third kappa shape index (κ3) is 5.84. The molecule has 0 radical (unpaired) electrons. The van der Waals surface area contributed by atoms with E-state index in [4.69, 9.17) is 12.2 Å². The van der Waals surface area contributed by atoms with Crippen LogP contribution in [-0.4, -0.2) is 21.9 Å². The Morgan fingerprint density at radius 2 is 1.60 bits per heavy atom. The zero-order valence-electron chi connectivity index (χ0n) is 16.2. The summed E-state index contributed by atoms with van der Waals surface area (Å²) in [6.45, 7) is 0. The number of nitro groups is 1. The van der Waals surface area contributed by atoms with Gasteiger partial charge in [-0.05, 0) is 55.4 Å². The Bertz CT molecular complexity index is 956. The van der Waals surface area contributed by atoms with Crippen molar-refractivity contribution in [1.29, 1.82) is 0 Å². The van der Waals surface area contributed by atoms with Crippen molar-refractivity contribution in [2.24, 2.45) is 5.92 Å². The van der Waals surface area contributed by atoms with Gasteiger partial charge in [0.15, 0.2) is 5.11 Å². The van der Waals surface area contributed by atoms with Gasteiger partial charge in [-0.3, -0.25) is 25.0 Å². The monoisotopic (exact) mass is 426 g/mol. The van der Waals surface area contributed by atoms with Gasteiger partial charge in [-0.1, -0.05) is 25.3 Å². The number of hydrogen-bond acceptors (Lipinski definition) is 5. The molecule has 1 aliphatic rings. The molecule has 0 unspecified atom stereocenters. The Morgan fingerprint density at radius 3 is 2.23 bits per heavy atom. The van der Waals surface area contributed by atoms with Crippen LogP contribution in [-0.2, 0) is 4.79 Å². The first kappa shape index (κ1) is 21.4. The molecule has 156 valence electrons. The van der Waals surface area contributed by atoms with Gasteiger partial charge in [0.25, 0.3) is 11.6 Å². The van der Waals surface area contributed by atoms with Crippen LogP contribution in [0.15, 0.2) is 48.5 Å². The van der Waals surface area contributed by atoms with E-state index >= 15 is 0 Å². The number of nitrogens with zero attached hydrogens (tertiary/aromatic N) is 1. The maximum Gasteiger partial charge on any atom is 0.269 e. The number of nitro benzene ring substituents is 1. The molecular formula is C21H22N4O4S. The van der Waals surface area contributed by atoms with Crippen LogP contribution in [0.4, 0.5) is 17.1 Å². The molecule has 2 aromatic carbocycles. The summed E-state index contributed by atoms with van der Waals surface area (Å²) < 4.78 is 0. The molecule has 1 fully saturated rings. The quantitative estimate of drug-likeness (QED) is 0.374. The zero-order valence-corrected chi connectivity index (χ0v) is 17.0. The molecule has 30 heavy (non-hydrogen) atoms. The highest BCUT2D eigenvalue weighted by Crippen LogP contribution is 2.25. The summed E-state index contributed by atoms with van der Waals surface area (Å²) in [5.41, 5.74) is 1.42. The molecule has 2 aromatic rings. The van der Waals surface area contributed by atoms with Crippen molar-refractivity contribution in [2.45, 2.75) is 32.1 Å². The van der Waals surface area contributed by atoms with E-state index in [2.05, 4.69) is 16.0 Å². The standard InChI is InChI=1S/C21H22N4O4S/c26-19(14-5-2-1-3-6-14)22-16-7-4-8-17(13-16)23-21(30)24-20(27)15-9-11-18(12-10-15)25(28)29/h4,7-14H,1-3,5-6H2,(H,22,26)(H2,23,24,27,30). The maximum absolute atomic E-state index is 12.4. The van der Waals surface area contributed by atoms with Crippen molar-refractivity contribution in [3.63, 3.8) is 0 Å². The predicted molar refractivity (Wildman–Crippen MR) is 118 cm³/mol. The summed E-state index contributed by atoms with van der Waals surface area (Å²) in [5.74, 6) is -0.400. The number of benzene rings is 2. The average molecular weight is 426 g/mol. The Kier molecular flexibility index (Phi) is 7.08. The highest BCUT2D eigenvalue weighted by atomic mass is 32.1. The number of hydrogen-bond donors (Lipinski definition) is 3. The van der Waals surface area contributed by atoms with Gasteiger partial charge in [-0.25, -0.2) is 0 Å². The first-order valence-corrected chi connectivity index (χ1v) is 10.1. The fraction of sp³-hybridized carbons (Fsp3) is 0.286. The van der Waals surface area contributed by atoms with Crippen LogP contribution >= 0.6 is 12.2 Å². The minimum atomic E-state index is -0.534. The molecule has 1 aliphatic carbocycles. The van der Waals surface area contributed by atoms with Gasteiger partial charge in [0.1, 0.15) is 0 Å². The van der Waals surface area contributed by atoms with Crippen molar-refractivity contribution in [1.82, 2.24) is 5.32 Å². The molecule has 0 aromatic heterocycles. The maximum atomic E-state index is 12.4. The lowest BCUT2D eigenvalue weighted by molar-refractivity contribution is -0.384. The summed E-state index contributed by atoms with van der Waals surface area (Å²) in [6, 6.07) is 12.3. The number of rotatable bonds is 5. The van der Waals surface area contributed by atoms with Crippen LogP contribution < -0.4 is 16.0 Å².